The van der Waals surface area contributed by atoms with Gasteiger partial charge < -0.3 is 10.2 Å². The van der Waals surface area contributed by atoms with Crippen LogP contribution in [0.1, 0.15) is 39.5 Å². The molecule has 18 heavy (non-hydrogen) atoms. The fourth-order valence-corrected chi connectivity index (χ4v) is 2.44. The normalized spacial score (nSPS) is 22.1. The van der Waals surface area contributed by atoms with Crippen molar-refractivity contribution in [3.63, 3.8) is 0 Å². The number of hydrogen-bond acceptors (Lipinski definition) is 3. The first-order valence-corrected chi connectivity index (χ1v) is 8.49. The lowest BCUT2D eigenvalue weighted by atomic mass is 10.2. The van der Waals surface area contributed by atoms with E-state index in [4.69, 9.17) is 0 Å². The van der Waals surface area contributed by atoms with Crippen molar-refractivity contribution in [3.05, 3.63) is 0 Å². The minimum atomic E-state index is -0.835. The van der Waals surface area contributed by atoms with Gasteiger partial charge in [-0.05, 0) is 26.7 Å². The van der Waals surface area contributed by atoms with Gasteiger partial charge in [0, 0.05) is 41.9 Å². The zero-order valence-corrected chi connectivity index (χ0v) is 12.6. The van der Waals surface area contributed by atoms with Gasteiger partial charge in [-0.3, -0.25) is 9.00 Å². The molecule has 5 heteroatoms. The van der Waals surface area contributed by atoms with Gasteiger partial charge in [0.25, 0.3) is 0 Å². The molecule has 1 fully saturated rings. The average Bonchev–Trinajstić information content (AvgIpc) is 2.63. The minimum absolute atomic E-state index is 0.0874. The van der Waals surface area contributed by atoms with Crippen LogP contribution in [0.2, 0.25) is 0 Å². The number of nitrogens with zero attached hydrogens (tertiary/aromatic N) is 1. The molecule has 0 radical (unpaired) electrons. The van der Waals surface area contributed by atoms with Crippen LogP contribution in [-0.2, 0) is 15.6 Å². The Morgan fingerprint density at radius 1 is 1.22 bits per heavy atom. The summed E-state index contributed by atoms with van der Waals surface area (Å²) in [6.45, 7) is 6.24. The standard InChI is InChI=1S/C13H26N2O2S/c1-11(18(3)17)10-14-12(2)13(16)15-8-6-4-5-7-9-15/h11-12,14H,4-10H2,1-3H3. The summed E-state index contributed by atoms with van der Waals surface area (Å²) >= 11 is 0. The van der Waals surface area contributed by atoms with Crippen LogP contribution >= 0.6 is 0 Å². The van der Waals surface area contributed by atoms with Gasteiger partial charge in [0.15, 0.2) is 0 Å². The van der Waals surface area contributed by atoms with Gasteiger partial charge in [-0.2, -0.15) is 0 Å². The first-order valence-electron chi connectivity index (χ1n) is 6.86. The lowest BCUT2D eigenvalue weighted by molar-refractivity contribution is -0.132. The Labute approximate surface area is 113 Å². The second-order valence-corrected chi connectivity index (χ2v) is 6.98. The molecule has 0 bridgehead atoms. The first kappa shape index (κ1) is 15.6. The van der Waals surface area contributed by atoms with Gasteiger partial charge in [-0.25, -0.2) is 0 Å². The molecule has 1 rings (SSSR count). The Bertz CT molecular complexity index is 289. The second kappa shape index (κ2) is 7.89. The van der Waals surface area contributed by atoms with E-state index < -0.39 is 10.8 Å². The summed E-state index contributed by atoms with van der Waals surface area (Å²) in [6, 6.07) is -0.172. The fraction of sp³-hybridized carbons (Fsp3) is 0.923. The average molecular weight is 274 g/mol. The SMILES string of the molecule is CC(NCC(C)S(C)=O)C(=O)N1CCCCCC1. The van der Waals surface area contributed by atoms with Crippen LogP contribution in [0.3, 0.4) is 0 Å². The molecule has 1 saturated heterocycles. The van der Waals surface area contributed by atoms with Gasteiger partial charge >= 0.3 is 0 Å². The maximum Gasteiger partial charge on any atom is 0.239 e. The second-order valence-electron chi connectivity index (χ2n) is 5.18. The maximum absolute atomic E-state index is 12.2. The third-order valence-corrected chi connectivity index (χ3v) is 4.87. The van der Waals surface area contributed by atoms with Crippen LogP contribution < -0.4 is 5.32 Å². The monoisotopic (exact) mass is 274 g/mol. The summed E-state index contributed by atoms with van der Waals surface area (Å²) in [5, 5.41) is 3.28. The predicted molar refractivity (Wildman–Crippen MR) is 76.0 cm³/mol. The molecule has 1 aliphatic heterocycles. The Balaban J connectivity index is 2.37. The van der Waals surface area contributed by atoms with E-state index in [0.29, 0.717) is 6.54 Å². The first-order chi connectivity index (χ1) is 8.52. The zero-order chi connectivity index (χ0) is 13.5. The van der Waals surface area contributed by atoms with Crippen LogP contribution in [0.25, 0.3) is 0 Å². The molecule has 1 heterocycles. The molecule has 0 spiro atoms. The predicted octanol–water partition coefficient (Wildman–Crippen LogP) is 1.13. The van der Waals surface area contributed by atoms with Gasteiger partial charge in [-0.1, -0.05) is 12.8 Å². The highest BCUT2D eigenvalue weighted by Crippen LogP contribution is 2.10. The van der Waals surface area contributed by atoms with Crippen LogP contribution in [0, 0.1) is 0 Å². The number of rotatable bonds is 5. The van der Waals surface area contributed by atoms with Crippen molar-refractivity contribution in [2.75, 3.05) is 25.9 Å². The third kappa shape index (κ3) is 5.06. The van der Waals surface area contributed by atoms with E-state index in [1.807, 2.05) is 18.7 Å². The molecule has 4 nitrogen and oxygen atoms in total. The van der Waals surface area contributed by atoms with Gasteiger partial charge in [0.2, 0.25) is 5.91 Å². The molecular formula is C13H26N2O2S. The quantitative estimate of drug-likeness (QED) is 0.818. The van der Waals surface area contributed by atoms with Crippen LogP contribution in [0.4, 0.5) is 0 Å². The van der Waals surface area contributed by atoms with Crippen molar-refractivity contribution in [2.45, 2.75) is 50.8 Å². The maximum atomic E-state index is 12.2. The molecule has 1 N–H and O–H groups in total. The van der Waals surface area contributed by atoms with Crippen molar-refractivity contribution in [2.24, 2.45) is 0 Å². The van der Waals surface area contributed by atoms with E-state index in [0.717, 1.165) is 25.9 Å². The lowest BCUT2D eigenvalue weighted by Gasteiger charge is -2.25. The Morgan fingerprint density at radius 2 is 1.78 bits per heavy atom. The topological polar surface area (TPSA) is 49.4 Å². The van der Waals surface area contributed by atoms with E-state index in [1.165, 1.54) is 12.8 Å². The molecule has 0 saturated carbocycles. The number of carbonyl (C=O) groups excluding carboxylic acids is 1. The Morgan fingerprint density at radius 3 is 2.28 bits per heavy atom. The highest BCUT2D eigenvalue weighted by molar-refractivity contribution is 7.84. The number of carbonyl (C=O) groups is 1. The molecule has 1 amide bonds. The van der Waals surface area contributed by atoms with Crippen LogP contribution in [0.5, 0.6) is 0 Å². The van der Waals surface area contributed by atoms with Crippen molar-refractivity contribution in [3.8, 4) is 0 Å². The van der Waals surface area contributed by atoms with Gasteiger partial charge in [0.05, 0.1) is 6.04 Å². The summed E-state index contributed by atoms with van der Waals surface area (Å²) in [6.07, 6.45) is 6.41. The van der Waals surface area contributed by atoms with E-state index in [1.54, 1.807) is 6.26 Å². The van der Waals surface area contributed by atoms with Gasteiger partial charge in [0.1, 0.15) is 0 Å². The number of likely N-dealkylation sites (tertiary alicyclic amines) is 1. The summed E-state index contributed by atoms with van der Waals surface area (Å²) in [4.78, 5) is 14.2. The Kier molecular flexibility index (Phi) is 6.86. The molecule has 106 valence electrons. The van der Waals surface area contributed by atoms with Crippen molar-refractivity contribution in [1.82, 2.24) is 10.2 Å². The fourth-order valence-electron chi connectivity index (χ4n) is 2.11. The zero-order valence-electron chi connectivity index (χ0n) is 11.8. The van der Waals surface area contributed by atoms with Crippen LogP contribution in [-0.4, -0.2) is 52.2 Å². The van der Waals surface area contributed by atoms with Crippen molar-refractivity contribution < 1.29 is 9.00 Å². The Hall–Kier alpha value is -0.420. The third-order valence-electron chi connectivity index (χ3n) is 3.57. The summed E-state index contributed by atoms with van der Waals surface area (Å²) in [7, 11) is -0.835. The summed E-state index contributed by atoms with van der Waals surface area (Å²) in [5.41, 5.74) is 0. The highest BCUT2D eigenvalue weighted by atomic mass is 32.2. The molecule has 0 aliphatic carbocycles. The lowest BCUT2D eigenvalue weighted by Crippen LogP contribution is -2.47. The van der Waals surface area contributed by atoms with E-state index in [-0.39, 0.29) is 17.2 Å². The largest absolute Gasteiger partial charge is 0.341 e. The molecule has 0 aromatic carbocycles. The van der Waals surface area contributed by atoms with Crippen molar-refractivity contribution in [1.29, 1.82) is 0 Å². The molecular weight excluding hydrogens is 248 g/mol. The van der Waals surface area contributed by atoms with E-state index in [9.17, 15) is 9.00 Å². The minimum Gasteiger partial charge on any atom is -0.341 e. The number of nitrogens with one attached hydrogen (secondary N) is 1. The molecule has 3 unspecified atom stereocenters. The van der Waals surface area contributed by atoms with Crippen molar-refractivity contribution >= 4 is 16.7 Å². The summed E-state index contributed by atoms with van der Waals surface area (Å²) in [5.74, 6) is 0.186. The van der Waals surface area contributed by atoms with E-state index in [2.05, 4.69) is 5.32 Å². The van der Waals surface area contributed by atoms with Gasteiger partial charge in [-0.15, -0.1) is 0 Å². The number of amides is 1. The number of hydrogen-bond donors (Lipinski definition) is 1. The summed E-state index contributed by atoms with van der Waals surface area (Å²) < 4.78 is 11.2. The van der Waals surface area contributed by atoms with Crippen LogP contribution in [0.15, 0.2) is 0 Å². The molecule has 1 aliphatic rings. The molecule has 3 atom stereocenters. The molecule has 0 aromatic heterocycles. The highest BCUT2D eigenvalue weighted by Gasteiger charge is 2.21. The smallest absolute Gasteiger partial charge is 0.239 e. The molecule has 0 aromatic rings. The van der Waals surface area contributed by atoms with E-state index >= 15 is 0 Å².